The lowest BCUT2D eigenvalue weighted by atomic mass is 10.1. The van der Waals surface area contributed by atoms with Crippen molar-refractivity contribution < 1.29 is 28.7 Å². The number of likely N-dealkylation sites (N-methyl/N-ethyl adjacent to an activating group) is 1. The molecule has 1 aromatic rings. The van der Waals surface area contributed by atoms with Crippen LogP contribution in [0.15, 0.2) is 24.3 Å². The van der Waals surface area contributed by atoms with Crippen molar-refractivity contribution >= 4 is 35.3 Å². The van der Waals surface area contributed by atoms with Gasteiger partial charge in [0.25, 0.3) is 0 Å². The molecular weight excluding hydrogens is 378 g/mol. The van der Waals surface area contributed by atoms with Crippen molar-refractivity contribution in [2.24, 2.45) is 5.92 Å². The van der Waals surface area contributed by atoms with Crippen LogP contribution in [0.1, 0.15) is 37.0 Å². The minimum absolute atomic E-state index is 0.00573. The van der Waals surface area contributed by atoms with Crippen LogP contribution >= 0.6 is 0 Å². The molecule has 29 heavy (non-hydrogen) atoms. The Morgan fingerprint density at radius 2 is 1.79 bits per heavy atom. The summed E-state index contributed by atoms with van der Waals surface area (Å²) >= 11 is 0. The SMILES string of the molecule is CC(C)C(=O)Nc1ccc(C(=O)COC(=O)CCCN2C(=O)CN(C)C2=O)cc1. The molecule has 0 atom stereocenters. The van der Waals surface area contributed by atoms with Gasteiger partial charge in [-0.05, 0) is 30.7 Å². The number of Topliss-reactive ketones (excluding diaryl/α,β-unsaturated/α-hetero) is 1. The molecule has 1 N–H and O–H groups in total. The number of benzene rings is 1. The van der Waals surface area contributed by atoms with E-state index in [2.05, 4.69) is 5.32 Å². The summed E-state index contributed by atoms with van der Waals surface area (Å²) in [4.78, 5) is 61.3. The maximum atomic E-state index is 12.1. The highest BCUT2D eigenvalue weighted by Crippen LogP contribution is 2.12. The molecule has 9 heteroatoms. The molecule has 1 fully saturated rings. The van der Waals surface area contributed by atoms with Gasteiger partial charge in [-0.1, -0.05) is 13.8 Å². The Balaban J connectivity index is 1.73. The van der Waals surface area contributed by atoms with Gasteiger partial charge in [0.15, 0.2) is 12.4 Å². The van der Waals surface area contributed by atoms with E-state index < -0.39 is 12.6 Å². The molecule has 0 saturated carbocycles. The number of amides is 4. The fraction of sp³-hybridized carbons (Fsp3) is 0.450. The number of hydrogen-bond donors (Lipinski definition) is 1. The highest BCUT2D eigenvalue weighted by Gasteiger charge is 2.32. The molecule has 1 saturated heterocycles. The van der Waals surface area contributed by atoms with E-state index in [-0.39, 0.29) is 55.5 Å². The number of esters is 1. The summed E-state index contributed by atoms with van der Waals surface area (Å²) in [6.45, 7) is 3.33. The minimum atomic E-state index is -0.577. The number of hydrogen-bond acceptors (Lipinski definition) is 6. The molecule has 1 heterocycles. The smallest absolute Gasteiger partial charge is 0.326 e. The van der Waals surface area contributed by atoms with Gasteiger partial charge < -0.3 is 15.0 Å². The summed E-state index contributed by atoms with van der Waals surface area (Å²) < 4.78 is 4.97. The Morgan fingerprint density at radius 1 is 1.14 bits per heavy atom. The van der Waals surface area contributed by atoms with Crippen molar-refractivity contribution in [3.05, 3.63) is 29.8 Å². The molecule has 4 amide bonds. The number of nitrogens with one attached hydrogen (secondary N) is 1. The van der Waals surface area contributed by atoms with Crippen LogP contribution in [-0.4, -0.2) is 66.1 Å². The molecule has 9 nitrogen and oxygen atoms in total. The zero-order valence-corrected chi connectivity index (χ0v) is 16.8. The number of imide groups is 1. The molecule has 0 aliphatic carbocycles. The highest BCUT2D eigenvalue weighted by molar-refractivity contribution is 6.02. The van der Waals surface area contributed by atoms with E-state index in [1.807, 2.05) is 0 Å². The van der Waals surface area contributed by atoms with Gasteiger partial charge >= 0.3 is 12.0 Å². The summed E-state index contributed by atoms with van der Waals surface area (Å²) in [6.07, 6.45) is 0.261. The van der Waals surface area contributed by atoms with Crippen LogP contribution in [0.5, 0.6) is 0 Å². The average molecular weight is 403 g/mol. The van der Waals surface area contributed by atoms with Gasteiger partial charge in [0, 0.05) is 37.2 Å². The third-order valence-electron chi connectivity index (χ3n) is 4.36. The third-order valence-corrected chi connectivity index (χ3v) is 4.36. The summed E-state index contributed by atoms with van der Waals surface area (Å²) in [7, 11) is 1.53. The second-order valence-corrected chi connectivity index (χ2v) is 7.09. The predicted molar refractivity (Wildman–Crippen MR) is 104 cm³/mol. The van der Waals surface area contributed by atoms with Crippen molar-refractivity contribution in [1.29, 1.82) is 0 Å². The highest BCUT2D eigenvalue weighted by atomic mass is 16.5. The molecule has 156 valence electrons. The van der Waals surface area contributed by atoms with E-state index in [9.17, 15) is 24.0 Å². The zero-order valence-electron chi connectivity index (χ0n) is 16.8. The zero-order chi connectivity index (χ0) is 21.6. The van der Waals surface area contributed by atoms with Crippen LogP contribution < -0.4 is 5.32 Å². The first-order valence-corrected chi connectivity index (χ1v) is 9.34. The van der Waals surface area contributed by atoms with Crippen LogP contribution in [0.25, 0.3) is 0 Å². The van der Waals surface area contributed by atoms with Gasteiger partial charge in [0.2, 0.25) is 11.8 Å². The number of anilines is 1. The number of carbonyl (C=O) groups is 5. The Morgan fingerprint density at radius 3 is 2.34 bits per heavy atom. The van der Waals surface area contributed by atoms with Crippen molar-refractivity contribution in [2.75, 3.05) is 32.1 Å². The van der Waals surface area contributed by atoms with E-state index >= 15 is 0 Å². The fourth-order valence-corrected chi connectivity index (χ4v) is 2.60. The normalized spacial score (nSPS) is 13.8. The van der Waals surface area contributed by atoms with Gasteiger partial charge in [-0.2, -0.15) is 0 Å². The van der Waals surface area contributed by atoms with E-state index in [1.165, 1.54) is 11.9 Å². The summed E-state index contributed by atoms with van der Waals surface area (Å²) in [5.74, 6) is -1.52. The molecule has 0 unspecified atom stereocenters. The maximum Gasteiger partial charge on any atom is 0.326 e. The van der Waals surface area contributed by atoms with Gasteiger partial charge in [-0.15, -0.1) is 0 Å². The standard InChI is InChI=1S/C20H25N3O6/c1-13(2)19(27)21-15-8-6-14(7-9-15)16(24)12-29-18(26)5-4-10-23-17(25)11-22(3)20(23)28/h6-9,13H,4-5,10-12H2,1-3H3,(H,21,27). The van der Waals surface area contributed by atoms with Crippen molar-refractivity contribution in [2.45, 2.75) is 26.7 Å². The van der Waals surface area contributed by atoms with Crippen LogP contribution in [0.3, 0.4) is 0 Å². The second-order valence-electron chi connectivity index (χ2n) is 7.09. The molecule has 0 bridgehead atoms. The molecule has 1 aliphatic rings. The quantitative estimate of drug-likeness (QED) is 0.381. The van der Waals surface area contributed by atoms with Crippen molar-refractivity contribution in [1.82, 2.24) is 9.80 Å². The van der Waals surface area contributed by atoms with Gasteiger partial charge in [-0.3, -0.25) is 24.1 Å². The van der Waals surface area contributed by atoms with Gasteiger partial charge in [0.05, 0.1) is 0 Å². The predicted octanol–water partition coefficient (Wildman–Crippen LogP) is 1.68. The van der Waals surface area contributed by atoms with Crippen molar-refractivity contribution in [3.63, 3.8) is 0 Å². The number of urea groups is 1. The summed E-state index contributed by atoms with van der Waals surface area (Å²) in [5, 5.41) is 2.72. The van der Waals surface area contributed by atoms with Crippen LogP contribution in [0.4, 0.5) is 10.5 Å². The lowest BCUT2D eigenvalue weighted by molar-refractivity contribution is -0.143. The first-order chi connectivity index (χ1) is 13.7. The molecule has 0 radical (unpaired) electrons. The van der Waals surface area contributed by atoms with E-state index in [0.717, 1.165) is 4.90 Å². The maximum absolute atomic E-state index is 12.1. The number of ketones is 1. The number of rotatable bonds is 9. The van der Waals surface area contributed by atoms with Crippen LogP contribution in [0, 0.1) is 5.92 Å². The molecule has 1 aromatic carbocycles. The minimum Gasteiger partial charge on any atom is -0.457 e. The monoisotopic (exact) mass is 403 g/mol. The molecular formula is C20H25N3O6. The molecule has 0 aromatic heterocycles. The second kappa shape index (κ2) is 9.81. The molecule has 0 spiro atoms. The van der Waals surface area contributed by atoms with Crippen LogP contribution in [-0.2, 0) is 19.1 Å². The van der Waals surface area contributed by atoms with E-state index in [1.54, 1.807) is 38.1 Å². The van der Waals surface area contributed by atoms with Crippen molar-refractivity contribution in [3.8, 4) is 0 Å². The van der Waals surface area contributed by atoms with Gasteiger partial charge in [0.1, 0.15) is 6.54 Å². The number of nitrogens with zero attached hydrogens (tertiary/aromatic N) is 2. The van der Waals surface area contributed by atoms with Gasteiger partial charge in [-0.25, -0.2) is 4.79 Å². The van der Waals surface area contributed by atoms with Crippen LogP contribution in [0.2, 0.25) is 0 Å². The fourth-order valence-electron chi connectivity index (χ4n) is 2.60. The lowest BCUT2D eigenvalue weighted by Crippen LogP contribution is -2.32. The number of ether oxygens (including phenoxy) is 1. The number of carbonyl (C=O) groups excluding carboxylic acids is 5. The Bertz CT molecular complexity index is 803. The van der Waals surface area contributed by atoms with E-state index in [0.29, 0.717) is 11.3 Å². The lowest BCUT2D eigenvalue weighted by Gasteiger charge is -2.13. The summed E-state index contributed by atoms with van der Waals surface area (Å²) in [5.41, 5.74) is 0.936. The molecule has 1 aliphatic heterocycles. The Hall–Kier alpha value is -3.23. The summed E-state index contributed by atoms with van der Waals surface area (Å²) in [6, 6.07) is 5.93. The van der Waals surface area contributed by atoms with E-state index in [4.69, 9.17) is 4.74 Å². The largest absolute Gasteiger partial charge is 0.457 e. The first kappa shape index (κ1) is 22.1. The Labute approximate surface area is 169 Å². The third kappa shape index (κ3) is 6.13. The Kier molecular flexibility index (Phi) is 7.46. The topological polar surface area (TPSA) is 113 Å². The molecule has 2 rings (SSSR count). The first-order valence-electron chi connectivity index (χ1n) is 9.34. The average Bonchev–Trinajstić information content (AvgIpc) is 2.92.